The zero-order chi connectivity index (χ0) is 9.14. The number of likely N-dealkylation sites (N-methyl/N-ethyl adjacent to an activating group) is 1. The van der Waals surface area contributed by atoms with Crippen molar-refractivity contribution < 1.29 is 4.79 Å². The topological polar surface area (TPSA) is 23.6 Å². The minimum absolute atomic E-state index is 0.293. The normalized spacial score (nSPS) is 23.2. The maximum absolute atomic E-state index is 11.4. The third-order valence-corrected chi connectivity index (χ3v) is 1.93. The van der Waals surface area contributed by atoms with Gasteiger partial charge in [0.05, 0.1) is 0 Å². The molecule has 1 rings (SSSR count). The summed E-state index contributed by atoms with van der Waals surface area (Å²) in [5.41, 5.74) is 0.925. The predicted molar refractivity (Wildman–Crippen MR) is 48.9 cm³/mol. The molecule has 0 aromatic heterocycles. The van der Waals surface area contributed by atoms with Gasteiger partial charge in [-0.3, -0.25) is 4.79 Å². The Morgan fingerprint density at radius 2 is 2.17 bits per heavy atom. The Morgan fingerprint density at radius 1 is 1.50 bits per heavy atom. The van der Waals surface area contributed by atoms with Gasteiger partial charge in [0, 0.05) is 45.4 Å². The molecule has 3 heteroatoms. The zero-order valence-electron chi connectivity index (χ0n) is 8.00. The Labute approximate surface area is 73.6 Å². The maximum Gasteiger partial charge on any atom is 0.162 e. The van der Waals surface area contributed by atoms with E-state index in [9.17, 15) is 4.79 Å². The van der Waals surface area contributed by atoms with Gasteiger partial charge in [0.2, 0.25) is 0 Å². The highest BCUT2D eigenvalue weighted by Gasteiger charge is 2.18. The molecular weight excluding hydrogens is 152 g/mol. The van der Waals surface area contributed by atoms with Gasteiger partial charge in [0.15, 0.2) is 5.78 Å². The van der Waals surface area contributed by atoms with Gasteiger partial charge in [-0.25, -0.2) is 0 Å². The Kier molecular flexibility index (Phi) is 2.87. The third-order valence-electron chi connectivity index (χ3n) is 1.93. The quantitative estimate of drug-likeness (QED) is 0.527. The van der Waals surface area contributed by atoms with E-state index in [0.29, 0.717) is 12.2 Å². The van der Waals surface area contributed by atoms with E-state index in [1.165, 1.54) is 0 Å². The fraction of sp³-hybridized carbons (Fsp3) is 0.667. The van der Waals surface area contributed by atoms with Crippen LogP contribution in [0.4, 0.5) is 0 Å². The summed E-state index contributed by atoms with van der Waals surface area (Å²) in [6.07, 6.45) is 2.58. The largest absolute Gasteiger partial charge is 0.383 e. The Morgan fingerprint density at radius 3 is 2.75 bits per heavy atom. The summed E-state index contributed by atoms with van der Waals surface area (Å²) < 4.78 is 0. The summed E-state index contributed by atoms with van der Waals surface area (Å²) in [7, 11) is 5.92. The van der Waals surface area contributed by atoms with Gasteiger partial charge in [-0.15, -0.1) is 0 Å². The monoisotopic (exact) mass is 168 g/mol. The van der Waals surface area contributed by atoms with Crippen molar-refractivity contribution >= 4 is 5.78 Å². The fourth-order valence-corrected chi connectivity index (χ4v) is 1.34. The van der Waals surface area contributed by atoms with Crippen LogP contribution in [0.15, 0.2) is 11.8 Å². The van der Waals surface area contributed by atoms with Crippen LogP contribution in [0, 0.1) is 0 Å². The number of ketones is 1. The van der Waals surface area contributed by atoms with Crippen LogP contribution in [0.3, 0.4) is 0 Å². The van der Waals surface area contributed by atoms with Crippen molar-refractivity contribution in [1.29, 1.82) is 0 Å². The average Bonchev–Trinajstić information content (AvgIpc) is 1.96. The van der Waals surface area contributed by atoms with E-state index in [-0.39, 0.29) is 0 Å². The molecule has 3 nitrogen and oxygen atoms in total. The lowest BCUT2D eigenvalue weighted by molar-refractivity contribution is -0.117. The molecular formula is C9H16N2O. The number of piperidine rings is 1. The molecule has 0 aromatic rings. The summed E-state index contributed by atoms with van der Waals surface area (Å²) in [5.74, 6) is 0.293. The van der Waals surface area contributed by atoms with Gasteiger partial charge in [-0.05, 0) is 7.05 Å². The molecule has 12 heavy (non-hydrogen) atoms. The SMILES string of the molecule is CN(C)/C=C1\CN(C)CCC1=O. The summed E-state index contributed by atoms with van der Waals surface area (Å²) in [4.78, 5) is 15.4. The lowest BCUT2D eigenvalue weighted by Gasteiger charge is -2.24. The van der Waals surface area contributed by atoms with Crippen molar-refractivity contribution in [2.75, 3.05) is 34.2 Å². The molecule has 0 saturated carbocycles. The number of carbonyl (C=O) groups excluding carboxylic acids is 1. The van der Waals surface area contributed by atoms with Crippen LogP contribution >= 0.6 is 0 Å². The van der Waals surface area contributed by atoms with Crippen molar-refractivity contribution in [3.05, 3.63) is 11.8 Å². The molecule has 1 saturated heterocycles. The van der Waals surface area contributed by atoms with Crippen LogP contribution in [-0.2, 0) is 4.79 Å². The van der Waals surface area contributed by atoms with E-state index in [1.807, 2.05) is 32.2 Å². The smallest absolute Gasteiger partial charge is 0.162 e. The number of likely N-dealkylation sites (tertiary alicyclic amines) is 1. The van der Waals surface area contributed by atoms with Crippen LogP contribution in [0.5, 0.6) is 0 Å². The molecule has 0 bridgehead atoms. The molecule has 0 aliphatic carbocycles. The number of rotatable bonds is 1. The number of Topliss-reactive ketones (excluding diaryl/α,β-unsaturated/α-hetero) is 1. The second-order valence-corrected chi connectivity index (χ2v) is 3.53. The van der Waals surface area contributed by atoms with E-state index in [0.717, 1.165) is 18.7 Å². The van der Waals surface area contributed by atoms with Crippen LogP contribution in [0.25, 0.3) is 0 Å². The molecule has 1 aliphatic rings. The van der Waals surface area contributed by atoms with Crippen molar-refractivity contribution in [3.8, 4) is 0 Å². The summed E-state index contributed by atoms with van der Waals surface area (Å²) in [5, 5.41) is 0. The van der Waals surface area contributed by atoms with Gasteiger partial charge in [0.25, 0.3) is 0 Å². The first kappa shape index (κ1) is 9.26. The second-order valence-electron chi connectivity index (χ2n) is 3.53. The van der Waals surface area contributed by atoms with Gasteiger partial charge in [0.1, 0.15) is 0 Å². The number of carbonyl (C=O) groups is 1. The zero-order valence-corrected chi connectivity index (χ0v) is 8.00. The van der Waals surface area contributed by atoms with Crippen LogP contribution < -0.4 is 0 Å². The Balaban J connectivity index is 2.67. The molecule has 0 amide bonds. The molecule has 0 N–H and O–H groups in total. The lowest BCUT2D eigenvalue weighted by atomic mass is 10.1. The second kappa shape index (κ2) is 3.72. The Bertz CT molecular complexity index is 209. The molecule has 0 spiro atoms. The average molecular weight is 168 g/mol. The van der Waals surface area contributed by atoms with E-state index in [4.69, 9.17) is 0 Å². The highest BCUT2D eigenvalue weighted by Crippen LogP contribution is 2.10. The van der Waals surface area contributed by atoms with Crippen molar-refractivity contribution in [1.82, 2.24) is 9.80 Å². The van der Waals surface area contributed by atoms with Crippen molar-refractivity contribution in [3.63, 3.8) is 0 Å². The standard InChI is InChI=1S/C9H16N2O/c1-10(2)6-8-7-11(3)5-4-9(8)12/h6H,4-5,7H2,1-3H3/b8-6+. The first-order valence-corrected chi connectivity index (χ1v) is 4.18. The highest BCUT2D eigenvalue weighted by atomic mass is 16.1. The van der Waals surface area contributed by atoms with Crippen LogP contribution in [0.2, 0.25) is 0 Å². The predicted octanol–water partition coefficient (Wildman–Crippen LogP) is 0.336. The lowest BCUT2D eigenvalue weighted by Crippen LogP contribution is -2.33. The summed E-state index contributed by atoms with van der Waals surface area (Å²) >= 11 is 0. The van der Waals surface area contributed by atoms with Crippen LogP contribution in [-0.4, -0.2) is 49.8 Å². The van der Waals surface area contributed by atoms with Gasteiger partial charge in [-0.1, -0.05) is 0 Å². The molecule has 0 unspecified atom stereocenters. The van der Waals surface area contributed by atoms with Crippen molar-refractivity contribution in [2.24, 2.45) is 0 Å². The molecule has 1 fully saturated rings. The third kappa shape index (κ3) is 2.34. The number of hydrogen-bond acceptors (Lipinski definition) is 3. The molecule has 68 valence electrons. The first-order chi connectivity index (χ1) is 5.59. The molecule has 0 atom stereocenters. The first-order valence-electron chi connectivity index (χ1n) is 4.18. The van der Waals surface area contributed by atoms with Crippen molar-refractivity contribution in [2.45, 2.75) is 6.42 Å². The Hall–Kier alpha value is -0.830. The van der Waals surface area contributed by atoms with Gasteiger partial charge in [-0.2, -0.15) is 0 Å². The summed E-state index contributed by atoms with van der Waals surface area (Å²) in [6, 6.07) is 0. The minimum atomic E-state index is 0.293. The summed E-state index contributed by atoms with van der Waals surface area (Å²) in [6.45, 7) is 1.68. The van der Waals surface area contributed by atoms with Crippen LogP contribution in [0.1, 0.15) is 6.42 Å². The van der Waals surface area contributed by atoms with E-state index in [1.54, 1.807) is 0 Å². The van der Waals surface area contributed by atoms with E-state index in [2.05, 4.69) is 4.90 Å². The van der Waals surface area contributed by atoms with E-state index < -0.39 is 0 Å². The molecule has 0 radical (unpaired) electrons. The molecule has 0 aromatic carbocycles. The number of hydrogen-bond donors (Lipinski definition) is 0. The minimum Gasteiger partial charge on any atom is -0.383 e. The number of nitrogens with zero attached hydrogens (tertiary/aromatic N) is 2. The van der Waals surface area contributed by atoms with E-state index >= 15 is 0 Å². The van der Waals surface area contributed by atoms with Gasteiger partial charge < -0.3 is 9.80 Å². The fourth-order valence-electron chi connectivity index (χ4n) is 1.34. The molecule has 1 heterocycles. The maximum atomic E-state index is 11.4. The highest BCUT2D eigenvalue weighted by molar-refractivity contribution is 5.96. The van der Waals surface area contributed by atoms with Gasteiger partial charge >= 0.3 is 0 Å². The molecule has 1 aliphatic heterocycles.